The van der Waals surface area contributed by atoms with E-state index in [1.807, 2.05) is 29.1 Å². The monoisotopic (exact) mass is 381 g/mol. The minimum absolute atomic E-state index is 0.0300. The maximum atomic E-state index is 5.57. The van der Waals surface area contributed by atoms with E-state index in [1.165, 1.54) is 11.1 Å². The van der Waals surface area contributed by atoms with E-state index in [2.05, 4.69) is 81.9 Å². The molecule has 0 fully saturated rings. The molecule has 0 aliphatic rings. The molecule has 29 heavy (non-hydrogen) atoms. The van der Waals surface area contributed by atoms with Gasteiger partial charge in [-0.15, -0.1) is 17.9 Å². The molecule has 0 radical (unpaired) electrons. The fourth-order valence-corrected chi connectivity index (χ4v) is 3.07. The van der Waals surface area contributed by atoms with Gasteiger partial charge in [0, 0.05) is 16.7 Å². The lowest BCUT2D eigenvalue weighted by molar-refractivity contribution is 0.566. The molecule has 0 aliphatic carbocycles. The first kappa shape index (κ1) is 20.4. The van der Waals surface area contributed by atoms with Crippen molar-refractivity contribution >= 4 is 0 Å². The summed E-state index contributed by atoms with van der Waals surface area (Å²) in [6.45, 7) is 13.3. The molecule has 1 heterocycles. The molecule has 0 unspecified atom stereocenters. The van der Waals surface area contributed by atoms with Crippen LogP contribution in [0.4, 0.5) is 0 Å². The van der Waals surface area contributed by atoms with Crippen LogP contribution in [0.5, 0.6) is 0 Å². The summed E-state index contributed by atoms with van der Waals surface area (Å²) in [4.78, 5) is 0. The number of aromatic nitrogens is 3. The van der Waals surface area contributed by atoms with Crippen molar-refractivity contribution in [2.45, 2.75) is 52.4 Å². The van der Waals surface area contributed by atoms with Crippen molar-refractivity contribution in [2.75, 3.05) is 0 Å². The molecule has 3 heteroatoms. The van der Waals surface area contributed by atoms with Crippen molar-refractivity contribution in [3.05, 3.63) is 64.8 Å². The molecule has 0 bridgehead atoms. The van der Waals surface area contributed by atoms with Crippen LogP contribution in [-0.4, -0.2) is 15.0 Å². The molecule has 0 atom stereocenters. The molecule has 1 aromatic heterocycles. The Hall–Kier alpha value is -3.30. The topological polar surface area (TPSA) is 30.7 Å². The minimum atomic E-state index is 0.0300. The molecule has 3 rings (SSSR count). The second-order valence-electron chi connectivity index (χ2n) is 9.40. The summed E-state index contributed by atoms with van der Waals surface area (Å²) in [5, 5.41) is 8.76. The Morgan fingerprint density at radius 1 is 0.759 bits per heavy atom. The lowest BCUT2D eigenvalue weighted by Crippen LogP contribution is -2.17. The van der Waals surface area contributed by atoms with Crippen molar-refractivity contribution in [2.24, 2.45) is 0 Å². The number of nitrogens with zero attached hydrogens (tertiary/aromatic N) is 3. The Labute approximate surface area is 174 Å². The molecule has 0 spiro atoms. The number of terminal acetylenes is 2. The smallest absolute Gasteiger partial charge is 0.113 e. The number of benzene rings is 2. The van der Waals surface area contributed by atoms with Gasteiger partial charge in [0.15, 0.2) is 0 Å². The Balaban J connectivity index is 2.12. The van der Waals surface area contributed by atoms with E-state index < -0.39 is 0 Å². The Bertz CT molecular complexity index is 1070. The fraction of sp³-hybridized carbons (Fsp3) is 0.308. The van der Waals surface area contributed by atoms with E-state index in [9.17, 15) is 0 Å². The van der Waals surface area contributed by atoms with E-state index in [4.69, 9.17) is 12.8 Å². The van der Waals surface area contributed by atoms with Crippen molar-refractivity contribution in [3.8, 4) is 41.6 Å². The summed E-state index contributed by atoms with van der Waals surface area (Å²) >= 11 is 0. The van der Waals surface area contributed by atoms with E-state index in [0.29, 0.717) is 0 Å². The van der Waals surface area contributed by atoms with E-state index in [-0.39, 0.29) is 10.8 Å². The van der Waals surface area contributed by atoms with Crippen LogP contribution in [0, 0.1) is 24.7 Å². The molecule has 0 saturated carbocycles. The van der Waals surface area contributed by atoms with Crippen molar-refractivity contribution in [3.63, 3.8) is 0 Å². The molecule has 2 aromatic carbocycles. The van der Waals surface area contributed by atoms with Gasteiger partial charge in [0.1, 0.15) is 5.69 Å². The van der Waals surface area contributed by atoms with Crippen LogP contribution in [0.1, 0.15) is 63.8 Å². The van der Waals surface area contributed by atoms with Gasteiger partial charge < -0.3 is 0 Å². The first-order chi connectivity index (χ1) is 13.5. The molecule has 0 amide bonds. The van der Waals surface area contributed by atoms with Gasteiger partial charge in [0.25, 0.3) is 0 Å². The third-order valence-corrected chi connectivity index (χ3v) is 4.97. The molecule has 0 N–H and O–H groups in total. The molecule has 3 nitrogen and oxygen atoms in total. The normalized spacial score (nSPS) is 11.7. The van der Waals surface area contributed by atoms with Crippen LogP contribution in [0.15, 0.2) is 42.6 Å². The van der Waals surface area contributed by atoms with E-state index in [0.717, 1.165) is 28.1 Å². The lowest BCUT2D eigenvalue weighted by atomic mass is 9.80. The number of hydrogen-bond acceptors (Lipinski definition) is 2. The largest absolute Gasteiger partial charge is 0.220 e. The highest BCUT2D eigenvalue weighted by atomic mass is 15.4. The summed E-state index contributed by atoms with van der Waals surface area (Å²) in [7, 11) is 0. The zero-order valence-electron chi connectivity index (χ0n) is 18.0. The van der Waals surface area contributed by atoms with Gasteiger partial charge in [-0.2, -0.15) is 0 Å². The summed E-state index contributed by atoms with van der Waals surface area (Å²) in [6.07, 6.45) is 13.1. The first-order valence-corrected chi connectivity index (χ1v) is 9.69. The summed E-state index contributed by atoms with van der Waals surface area (Å²) in [5.74, 6) is 5.30. The second kappa shape index (κ2) is 7.26. The SMILES string of the molecule is C#Cc1cc(C#C)cc(-c2cn(-c3cc(C(C)(C)C)cc(C(C)(C)C)c3)nn2)c1. The highest BCUT2D eigenvalue weighted by molar-refractivity contribution is 5.64. The van der Waals surface area contributed by atoms with Crippen LogP contribution in [0.2, 0.25) is 0 Å². The van der Waals surface area contributed by atoms with Crippen molar-refractivity contribution in [1.82, 2.24) is 15.0 Å². The van der Waals surface area contributed by atoms with Gasteiger partial charge in [-0.3, -0.25) is 0 Å². The van der Waals surface area contributed by atoms with Gasteiger partial charge in [-0.05, 0) is 52.3 Å². The number of rotatable bonds is 2. The molecular formula is C26H27N3. The summed E-state index contributed by atoms with van der Waals surface area (Å²) in [5.41, 5.74) is 6.64. The zero-order chi connectivity index (χ0) is 21.4. The maximum Gasteiger partial charge on any atom is 0.113 e. The molecule has 0 saturated heterocycles. The van der Waals surface area contributed by atoms with Crippen LogP contribution < -0.4 is 0 Å². The minimum Gasteiger partial charge on any atom is -0.220 e. The van der Waals surface area contributed by atoms with Gasteiger partial charge in [0.05, 0.1) is 11.9 Å². The molecule has 0 aliphatic heterocycles. The van der Waals surface area contributed by atoms with E-state index >= 15 is 0 Å². The van der Waals surface area contributed by atoms with E-state index in [1.54, 1.807) is 0 Å². The quantitative estimate of drug-likeness (QED) is 0.549. The summed E-state index contributed by atoms with van der Waals surface area (Å²) < 4.78 is 1.82. The second-order valence-corrected chi connectivity index (χ2v) is 9.40. The zero-order valence-corrected chi connectivity index (χ0v) is 18.0. The predicted octanol–water partition coefficient (Wildman–Crippen LogP) is 5.49. The molecule has 3 aromatic rings. The molecule has 146 valence electrons. The highest BCUT2D eigenvalue weighted by Gasteiger charge is 2.21. The van der Waals surface area contributed by atoms with Gasteiger partial charge in [-0.25, -0.2) is 4.68 Å². The highest BCUT2D eigenvalue weighted by Crippen LogP contribution is 2.31. The van der Waals surface area contributed by atoms with Crippen LogP contribution in [-0.2, 0) is 10.8 Å². The standard InChI is InChI=1S/C26H27N3/c1-9-18-11-19(10-2)13-20(12-18)24-17-29(28-27-24)23-15-21(25(3,4)5)14-22(16-23)26(6,7)8/h1-2,11-17H,3-8H3. The Morgan fingerprint density at radius 2 is 1.28 bits per heavy atom. The van der Waals surface area contributed by atoms with Gasteiger partial charge in [0.2, 0.25) is 0 Å². The van der Waals surface area contributed by atoms with Crippen molar-refractivity contribution < 1.29 is 0 Å². The first-order valence-electron chi connectivity index (χ1n) is 9.69. The van der Waals surface area contributed by atoms with Crippen LogP contribution in [0.3, 0.4) is 0 Å². The Kier molecular flexibility index (Phi) is 5.12. The van der Waals surface area contributed by atoms with Crippen molar-refractivity contribution in [1.29, 1.82) is 0 Å². The van der Waals surface area contributed by atoms with Gasteiger partial charge in [-0.1, -0.05) is 64.7 Å². The predicted molar refractivity (Wildman–Crippen MR) is 120 cm³/mol. The Morgan fingerprint density at radius 3 is 1.72 bits per heavy atom. The average molecular weight is 382 g/mol. The number of hydrogen-bond donors (Lipinski definition) is 0. The third kappa shape index (κ3) is 4.41. The van der Waals surface area contributed by atoms with Gasteiger partial charge >= 0.3 is 0 Å². The average Bonchev–Trinajstić information content (AvgIpc) is 3.16. The fourth-order valence-electron chi connectivity index (χ4n) is 3.07. The maximum absolute atomic E-state index is 5.57. The molecular weight excluding hydrogens is 354 g/mol. The summed E-state index contributed by atoms with van der Waals surface area (Å²) in [6, 6.07) is 12.3. The van der Waals surface area contributed by atoms with Crippen LogP contribution >= 0.6 is 0 Å². The van der Waals surface area contributed by atoms with Crippen LogP contribution in [0.25, 0.3) is 16.9 Å². The lowest BCUT2D eigenvalue weighted by Gasteiger charge is -2.26. The third-order valence-electron chi connectivity index (χ3n) is 4.97.